The zero-order chi connectivity index (χ0) is 26.8. The van der Waals surface area contributed by atoms with Gasteiger partial charge in [-0.1, -0.05) is 26.0 Å². The van der Waals surface area contributed by atoms with Crippen molar-refractivity contribution in [1.82, 2.24) is 14.9 Å². The number of para-hydroxylation sites is 2. The SMILES string of the molecule is CCOc1ccncc1-c1cc(C(C)C)c(F)c2[nH]c(C(=O)N3CCN(c4ccccc4OC)CC3)cc12. The van der Waals surface area contributed by atoms with Crippen molar-refractivity contribution < 1.29 is 18.7 Å². The second-order valence-corrected chi connectivity index (χ2v) is 9.71. The minimum Gasteiger partial charge on any atom is -0.495 e. The number of H-pyrrole nitrogens is 1. The number of carbonyl (C=O) groups is 1. The van der Waals surface area contributed by atoms with Gasteiger partial charge in [0.15, 0.2) is 5.82 Å². The maximum atomic E-state index is 15.7. The van der Waals surface area contributed by atoms with Crippen molar-refractivity contribution in [3.63, 3.8) is 0 Å². The fraction of sp³-hybridized carbons (Fsp3) is 0.333. The molecule has 1 aliphatic heterocycles. The van der Waals surface area contributed by atoms with E-state index in [0.29, 0.717) is 60.7 Å². The van der Waals surface area contributed by atoms with Crippen molar-refractivity contribution >= 4 is 22.5 Å². The number of pyridine rings is 1. The van der Waals surface area contributed by atoms with E-state index in [4.69, 9.17) is 9.47 Å². The number of hydrogen-bond acceptors (Lipinski definition) is 5. The molecule has 0 spiro atoms. The molecule has 0 radical (unpaired) electrons. The van der Waals surface area contributed by atoms with Crippen molar-refractivity contribution in [2.45, 2.75) is 26.7 Å². The second-order valence-electron chi connectivity index (χ2n) is 9.71. The third-order valence-electron chi connectivity index (χ3n) is 7.10. The minimum atomic E-state index is -0.333. The zero-order valence-corrected chi connectivity index (χ0v) is 22.3. The summed E-state index contributed by atoms with van der Waals surface area (Å²) >= 11 is 0. The largest absolute Gasteiger partial charge is 0.495 e. The minimum absolute atomic E-state index is 0.0455. The van der Waals surface area contributed by atoms with Crippen LogP contribution in [0, 0.1) is 5.82 Å². The molecule has 0 saturated carbocycles. The summed E-state index contributed by atoms with van der Waals surface area (Å²) in [6.45, 7) is 8.79. The molecule has 8 heteroatoms. The Morgan fingerprint density at radius 2 is 1.84 bits per heavy atom. The number of piperazine rings is 1. The van der Waals surface area contributed by atoms with Gasteiger partial charge in [0.05, 0.1) is 24.9 Å². The summed E-state index contributed by atoms with van der Waals surface area (Å²) in [4.78, 5) is 25.0. The van der Waals surface area contributed by atoms with Crippen LogP contribution in [0.15, 0.2) is 54.9 Å². The molecule has 4 aromatic rings. The van der Waals surface area contributed by atoms with E-state index in [-0.39, 0.29) is 17.6 Å². The summed E-state index contributed by atoms with van der Waals surface area (Å²) in [5, 5.41) is 0.636. The summed E-state index contributed by atoms with van der Waals surface area (Å²) in [5.41, 5.74) is 3.84. The number of carbonyl (C=O) groups excluding carboxylic acids is 1. The number of halogens is 1. The summed E-state index contributed by atoms with van der Waals surface area (Å²) in [5.74, 6) is 0.963. The predicted octanol–water partition coefficient (Wildman–Crippen LogP) is 5.86. The number of aromatic nitrogens is 2. The van der Waals surface area contributed by atoms with E-state index in [1.807, 2.05) is 62.1 Å². The van der Waals surface area contributed by atoms with Crippen LogP contribution in [0.25, 0.3) is 22.0 Å². The van der Waals surface area contributed by atoms with Gasteiger partial charge in [-0.2, -0.15) is 0 Å². The number of ether oxygens (including phenoxy) is 2. The van der Waals surface area contributed by atoms with Gasteiger partial charge in [-0.3, -0.25) is 9.78 Å². The van der Waals surface area contributed by atoms with Crippen LogP contribution in [-0.4, -0.2) is 60.7 Å². The number of nitrogens with zero attached hydrogens (tertiary/aromatic N) is 3. The van der Waals surface area contributed by atoms with Crippen molar-refractivity contribution in [2.24, 2.45) is 0 Å². The molecule has 2 aromatic carbocycles. The summed E-state index contributed by atoms with van der Waals surface area (Å²) in [6, 6.07) is 13.3. The van der Waals surface area contributed by atoms with Gasteiger partial charge in [0, 0.05) is 49.5 Å². The maximum absolute atomic E-state index is 15.7. The van der Waals surface area contributed by atoms with Gasteiger partial charge in [0.25, 0.3) is 5.91 Å². The monoisotopic (exact) mass is 516 g/mol. The molecule has 0 aliphatic carbocycles. The Morgan fingerprint density at radius 1 is 1.08 bits per heavy atom. The van der Waals surface area contributed by atoms with Gasteiger partial charge in [-0.05, 0) is 54.3 Å². The fourth-order valence-electron chi connectivity index (χ4n) is 5.12. The first kappa shape index (κ1) is 25.6. The highest BCUT2D eigenvalue weighted by atomic mass is 19.1. The Balaban J connectivity index is 1.48. The second kappa shape index (κ2) is 10.7. The van der Waals surface area contributed by atoms with Gasteiger partial charge in [-0.25, -0.2) is 4.39 Å². The van der Waals surface area contributed by atoms with Gasteiger partial charge in [0.1, 0.15) is 17.2 Å². The van der Waals surface area contributed by atoms with Gasteiger partial charge < -0.3 is 24.3 Å². The van der Waals surface area contributed by atoms with Gasteiger partial charge in [-0.15, -0.1) is 0 Å². The van der Waals surface area contributed by atoms with E-state index < -0.39 is 0 Å². The number of hydrogen-bond donors (Lipinski definition) is 1. The molecule has 5 rings (SSSR count). The summed E-state index contributed by atoms with van der Waals surface area (Å²) in [6.07, 6.45) is 3.41. The lowest BCUT2D eigenvalue weighted by atomic mass is 9.94. The average molecular weight is 517 g/mol. The van der Waals surface area contributed by atoms with Crippen molar-refractivity contribution in [2.75, 3.05) is 44.8 Å². The maximum Gasteiger partial charge on any atom is 0.270 e. The molecular formula is C30H33FN4O3. The van der Waals surface area contributed by atoms with E-state index in [9.17, 15) is 4.79 Å². The van der Waals surface area contributed by atoms with E-state index in [1.165, 1.54) is 0 Å². The molecule has 3 heterocycles. The molecule has 1 amide bonds. The first-order valence-corrected chi connectivity index (χ1v) is 13.0. The Bertz CT molecular complexity index is 1460. The van der Waals surface area contributed by atoms with Crippen LogP contribution >= 0.6 is 0 Å². The van der Waals surface area contributed by atoms with Crippen LogP contribution in [0.1, 0.15) is 42.7 Å². The third kappa shape index (κ3) is 4.66. The highest BCUT2D eigenvalue weighted by molar-refractivity contribution is 6.04. The first-order valence-electron chi connectivity index (χ1n) is 13.0. The lowest BCUT2D eigenvalue weighted by molar-refractivity contribution is 0.0741. The van der Waals surface area contributed by atoms with Crippen molar-refractivity contribution in [3.8, 4) is 22.6 Å². The van der Waals surface area contributed by atoms with Crippen LogP contribution in [-0.2, 0) is 0 Å². The highest BCUT2D eigenvalue weighted by Gasteiger charge is 2.27. The Labute approximate surface area is 222 Å². The standard InChI is InChI=1S/C30H33FN4O3/c1-5-38-26-10-11-32-18-23(26)21-16-20(19(2)3)28(31)29-22(21)17-24(33-29)30(36)35-14-12-34(13-15-35)25-8-6-7-9-27(25)37-4/h6-11,16-19,33H,5,12-15H2,1-4H3. The Morgan fingerprint density at radius 3 is 2.55 bits per heavy atom. The van der Waals surface area contributed by atoms with E-state index in [1.54, 1.807) is 25.6 Å². The number of methoxy groups -OCH3 is 1. The number of anilines is 1. The smallest absolute Gasteiger partial charge is 0.270 e. The molecule has 198 valence electrons. The molecule has 1 N–H and O–H groups in total. The lowest BCUT2D eigenvalue weighted by Crippen LogP contribution is -2.49. The molecule has 2 aromatic heterocycles. The number of rotatable bonds is 7. The van der Waals surface area contributed by atoms with E-state index in [0.717, 1.165) is 22.6 Å². The Kier molecular flexibility index (Phi) is 7.22. The summed E-state index contributed by atoms with van der Waals surface area (Å²) < 4.78 is 27.0. The molecule has 0 bridgehead atoms. The number of benzene rings is 2. The van der Waals surface area contributed by atoms with Gasteiger partial charge >= 0.3 is 0 Å². The van der Waals surface area contributed by atoms with E-state index >= 15 is 4.39 Å². The molecular weight excluding hydrogens is 483 g/mol. The number of amides is 1. The van der Waals surface area contributed by atoms with Crippen LogP contribution in [0.3, 0.4) is 0 Å². The Hall–Kier alpha value is -4.07. The third-order valence-corrected chi connectivity index (χ3v) is 7.10. The molecule has 0 atom stereocenters. The zero-order valence-electron chi connectivity index (χ0n) is 22.3. The quantitative estimate of drug-likeness (QED) is 0.333. The molecule has 1 fully saturated rings. The van der Waals surface area contributed by atoms with Crippen LogP contribution in [0.5, 0.6) is 11.5 Å². The normalized spacial score (nSPS) is 13.8. The van der Waals surface area contributed by atoms with Crippen molar-refractivity contribution in [1.29, 1.82) is 0 Å². The summed E-state index contributed by atoms with van der Waals surface area (Å²) in [7, 11) is 1.66. The van der Waals surface area contributed by atoms with E-state index in [2.05, 4.69) is 14.9 Å². The first-order chi connectivity index (χ1) is 18.4. The molecule has 38 heavy (non-hydrogen) atoms. The van der Waals surface area contributed by atoms with Crippen LogP contribution in [0.4, 0.5) is 10.1 Å². The van der Waals surface area contributed by atoms with Crippen LogP contribution < -0.4 is 14.4 Å². The number of fused-ring (bicyclic) bond motifs is 1. The molecule has 0 unspecified atom stereocenters. The fourth-order valence-corrected chi connectivity index (χ4v) is 5.12. The highest BCUT2D eigenvalue weighted by Crippen LogP contribution is 2.39. The van der Waals surface area contributed by atoms with Gasteiger partial charge in [0.2, 0.25) is 0 Å². The average Bonchev–Trinajstić information content (AvgIpc) is 3.40. The predicted molar refractivity (Wildman–Crippen MR) is 148 cm³/mol. The number of aromatic amines is 1. The molecule has 1 aliphatic rings. The van der Waals surface area contributed by atoms with Crippen molar-refractivity contribution in [3.05, 3.63) is 71.9 Å². The van der Waals surface area contributed by atoms with Crippen LogP contribution in [0.2, 0.25) is 0 Å². The topological polar surface area (TPSA) is 70.7 Å². The molecule has 7 nitrogen and oxygen atoms in total. The molecule has 1 saturated heterocycles. The number of nitrogens with one attached hydrogen (secondary N) is 1. The lowest BCUT2D eigenvalue weighted by Gasteiger charge is -2.36.